The monoisotopic (exact) mass is 376 g/mol. The van der Waals surface area contributed by atoms with Gasteiger partial charge in [0.05, 0.1) is 13.7 Å². The van der Waals surface area contributed by atoms with Gasteiger partial charge in [0, 0.05) is 7.05 Å². The molecule has 2 aliphatic rings. The van der Waals surface area contributed by atoms with Crippen LogP contribution in [0.25, 0.3) is 0 Å². The third kappa shape index (κ3) is 2.64. The number of carbonyl (C=O) groups is 3. The molecular formula is C18H26N5O4+. The Labute approximate surface area is 158 Å². The summed E-state index contributed by atoms with van der Waals surface area (Å²) in [5, 5.41) is 0. The molecule has 9 heteroatoms. The van der Waals surface area contributed by atoms with Crippen molar-refractivity contribution in [3.8, 4) is 0 Å². The minimum Gasteiger partial charge on any atom is -0.467 e. The minimum absolute atomic E-state index is 0.390. The Kier molecular flexibility index (Phi) is 4.79. The highest BCUT2D eigenvalue weighted by Crippen LogP contribution is 2.35. The van der Waals surface area contributed by atoms with Gasteiger partial charge < -0.3 is 4.74 Å². The van der Waals surface area contributed by atoms with E-state index in [9.17, 15) is 14.4 Å². The van der Waals surface area contributed by atoms with Crippen LogP contribution in [0.2, 0.25) is 0 Å². The fourth-order valence-corrected chi connectivity index (χ4v) is 3.68. The van der Waals surface area contributed by atoms with Gasteiger partial charge in [0.25, 0.3) is 5.91 Å². The number of unbranched alkanes of at least 4 members (excludes halogenated alkanes) is 1. The number of carbonyl (C=O) groups excluding carboxylic acids is 3. The number of aromatic nitrogens is 2. The maximum absolute atomic E-state index is 13.2. The minimum atomic E-state index is -1.01. The van der Waals surface area contributed by atoms with Gasteiger partial charge in [-0.05, 0) is 27.2 Å². The van der Waals surface area contributed by atoms with Crippen LogP contribution in [0.5, 0.6) is 0 Å². The number of nitrogens with zero attached hydrogens (tertiary/aromatic N) is 5. The summed E-state index contributed by atoms with van der Waals surface area (Å²) in [6.07, 6.45) is 2.03. The highest BCUT2D eigenvalue weighted by Gasteiger charge is 2.55. The number of amides is 3. The molecule has 2 unspecified atom stereocenters. The number of likely N-dealkylation sites (N-methyl/N-ethyl adjacent to an activating group) is 1. The molecule has 1 fully saturated rings. The summed E-state index contributed by atoms with van der Waals surface area (Å²) in [5.74, 6) is -0.0444. The molecular weight excluding hydrogens is 350 g/mol. The summed E-state index contributed by atoms with van der Waals surface area (Å²) in [6, 6.07) is -2.34. The van der Waals surface area contributed by atoms with Crippen LogP contribution in [0.4, 0.5) is 10.7 Å². The van der Waals surface area contributed by atoms with Crippen LogP contribution in [0.1, 0.15) is 44.1 Å². The SMILES string of the molecule is CCCC[n+]1c(C)c(C)n2c1N=C1C2C(=O)N(C(C)C(=O)OC)C(=O)N1C. The zero-order valence-corrected chi connectivity index (χ0v) is 16.6. The predicted molar refractivity (Wildman–Crippen MR) is 96.6 cm³/mol. The second-order valence-electron chi connectivity index (χ2n) is 6.97. The van der Waals surface area contributed by atoms with Crippen molar-refractivity contribution < 1.29 is 23.7 Å². The molecule has 9 nitrogen and oxygen atoms in total. The van der Waals surface area contributed by atoms with Gasteiger partial charge in [-0.1, -0.05) is 18.3 Å². The van der Waals surface area contributed by atoms with Crippen LogP contribution in [-0.2, 0) is 20.9 Å². The fourth-order valence-electron chi connectivity index (χ4n) is 3.68. The standard InChI is InChI=1S/C18H26N5O4/c1-7-8-9-21-10(2)11(3)22-13-14(19-17(21)22)20(5)18(26)23(15(13)24)12(4)16(25)27-6/h12-13H,7-9H2,1-6H3/q+1. The zero-order valence-electron chi connectivity index (χ0n) is 16.6. The predicted octanol–water partition coefficient (Wildman–Crippen LogP) is 1.23. The summed E-state index contributed by atoms with van der Waals surface area (Å²) in [6.45, 7) is 8.35. The summed E-state index contributed by atoms with van der Waals surface area (Å²) in [4.78, 5) is 44.9. The van der Waals surface area contributed by atoms with E-state index in [1.807, 2.05) is 18.4 Å². The highest BCUT2D eigenvalue weighted by molar-refractivity contribution is 6.21. The van der Waals surface area contributed by atoms with Gasteiger partial charge >= 0.3 is 17.9 Å². The second-order valence-corrected chi connectivity index (χ2v) is 6.97. The van der Waals surface area contributed by atoms with Gasteiger partial charge in [-0.15, -0.1) is 0 Å². The van der Waals surface area contributed by atoms with Crippen molar-refractivity contribution in [2.45, 2.75) is 59.2 Å². The van der Waals surface area contributed by atoms with Gasteiger partial charge in [0.2, 0.25) is 11.9 Å². The van der Waals surface area contributed by atoms with Crippen LogP contribution >= 0.6 is 0 Å². The van der Waals surface area contributed by atoms with E-state index in [0.717, 1.165) is 35.7 Å². The molecule has 3 heterocycles. The number of amidine groups is 1. The Bertz CT molecular complexity index is 856. The lowest BCUT2D eigenvalue weighted by molar-refractivity contribution is -0.689. The molecule has 0 bridgehead atoms. The number of fused-ring (bicyclic) bond motifs is 3. The number of imide groups is 1. The third-order valence-corrected chi connectivity index (χ3v) is 5.44. The number of hydrogen-bond acceptors (Lipinski definition) is 5. The van der Waals surface area contributed by atoms with Crippen molar-refractivity contribution in [3.63, 3.8) is 0 Å². The second kappa shape index (κ2) is 6.79. The van der Waals surface area contributed by atoms with Crippen LogP contribution in [-0.4, -0.2) is 58.3 Å². The summed E-state index contributed by atoms with van der Waals surface area (Å²) >= 11 is 0. The Morgan fingerprint density at radius 3 is 2.59 bits per heavy atom. The van der Waals surface area contributed by atoms with E-state index < -0.39 is 30.0 Å². The number of rotatable bonds is 5. The Morgan fingerprint density at radius 1 is 1.33 bits per heavy atom. The van der Waals surface area contributed by atoms with Crippen molar-refractivity contribution in [1.82, 2.24) is 14.4 Å². The first-order chi connectivity index (χ1) is 12.8. The van der Waals surface area contributed by atoms with Gasteiger partial charge in [-0.2, -0.15) is 0 Å². The molecule has 0 radical (unpaired) electrons. The number of imidazole rings is 1. The van der Waals surface area contributed by atoms with Crippen molar-refractivity contribution in [1.29, 1.82) is 0 Å². The molecule has 0 N–H and O–H groups in total. The molecule has 1 saturated heterocycles. The maximum atomic E-state index is 13.2. The van der Waals surface area contributed by atoms with E-state index in [0.29, 0.717) is 11.8 Å². The summed E-state index contributed by atoms with van der Waals surface area (Å²) < 4.78 is 8.68. The number of aliphatic imine (C=N–C) groups is 1. The average Bonchev–Trinajstić information content (AvgIpc) is 3.14. The molecule has 3 amide bonds. The quantitative estimate of drug-likeness (QED) is 0.571. The number of methoxy groups -OCH3 is 1. The average molecular weight is 376 g/mol. The third-order valence-electron chi connectivity index (χ3n) is 5.44. The van der Waals surface area contributed by atoms with Crippen molar-refractivity contribution in [3.05, 3.63) is 11.4 Å². The van der Waals surface area contributed by atoms with E-state index in [1.54, 1.807) is 7.05 Å². The van der Waals surface area contributed by atoms with E-state index >= 15 is 0 Å². The van der Waals surface area contributed by atoms with E-state index in [2.05, 4.69) is 16.5 Å². The summed E-state index contributed by atoms with van der Waals surface area (Å²) in [5.41, 5.74) is 1.97. The molecule has 2 atom stereocenters. The zero-order chi connectivity index (χ0) is 20.0. The molecule has 0 saturated carbocycles. The molecule has 27 heavy (non-hydrogen) atoms. The van der Waals surface area contributed by atoms with Crippen molar-refractivity contribution in [2.24, 2.45) is 4.99 Å². The largest absolute Gasteiger partial charge is 0.467 e. The van der Waals surface area contributed by atoms with E-state index in [4.69, 9.17) is 4.74 Å². The van der Waals surface area contributed by atoms with Gasteiger partial charge in [-0.25, -0.2) is 23.6 Å². The van der Waals surface area contributed by atoms with Crippen LogP contribution in [0, 0.1) is 13.8 Å². The molecule has 146 valence electrons. The van der Waals surface area contributed by atoms with Crippen LogP contribution in [0.15, 0.2) is 4.99 Å². The lowest BCUT2D eigenvalue weighted by atomic mass is 10.1. The fraction of sp³-hybridized carbons (Fsp3) is 0.611. The maximum Gasteiger partial charge on any atom is 0.402 e. The van der Waals surface area contributed by atoms with Gasteiger partial charge in [-0.3, -0.25) is 9.69 Å². The normalized spacial score (nSPS) is 19.8. The Hall–Kier alpha value is -2.71. The Balaban J connectivity index is 2.09. The number of hydrogen-bond donors (Lipinski definition) is 0. The van der Waals surface area contributed by atoms with Crippen LogP contribution in [0.3, 0.4) is 0 Å². The molecule has 0 spiro atoms. The molecule has 0 aliphatic carbocycles. The van der Waals surface area contributed by atoms with Gasteiger partial charge in [0.1, 0.15) is 17.4 Å². The first-order valence-corrected chi connectivity index (χ1v) is 9.14. The van der Waals surface area contributed by atoms with Crippen molar-refractivity contribution in [2.75, 3.05) is 14.2 Å². The first-order valence-electron chi connectivity index (χ1n) is 9.14. The molecule has 2 aliphatic heterocycles. The Morgan fingerprint density at radius 2 is 2.00 bits per heavy atom. The number of esters is 1. The molecule has 1 aromatic rings. The summed E-state index contributed by atoms with van der Waals surface area (Å²) in [7, 11) is 2.81. The molecule has 0 aromatic carbocycles. The topological polar surface area (TPSA) is 88.1 Å². The van der Waals surface area contributed by atoms with E-state index in [-0.39, 0.29) is 0 Å². The molecule has 3 rings (SSSR count). The number of urea groups is 1. The smallest absolute Gasteiger partial charge is 0.402 e. The van der Waals surface area contributed by atoms with Crippen LogP contribution < -0.4 is 4.57 Å². The first kappa shape index (κ1) is 19.1. The lowest BCUT2D eigenvalue weighted by Crippen LogP contribution is -2.61. The van der Waals surface area contributed by atoms with E-state index in [1.165, 1.54) is 18.9 Å². The number of ether oxygens (including phenoxy) is 1. The van der Waals surface area contributed by atoms with Crippen molar-refractivity contribution >= 4 is 29.7 Å². The van der Waals surface area contributed by atoms with Gasteiger partial charge in [0.15, 0.2) is 0 Å². The molecule has 1 aromatic heterocycles. The highest BCUT2D eigenvalue weighted by atomic mass is 16.5. The lowest BCUT2D eigenvalue weighted by Gasteiger charge is -2.35.